The lowest BCUT2D eigenvalue weighted by atomic mass is 9.98. The van der Waals surface area contributed by atoms with Crippen LogP contribution in [0.2, 0.25) is 0 Å². The van der Waals surface area contributed by atoms with E-state index in [0.717, 1.165) is 6.42 Å². The van der Waals surface area contributed by atoms with Crippen molar-refractivity contribution < 1.29 is 18.8 Å². The van der Waals surface area contributed by atoms with Crippen molar-refractivity contribution in [2.45, 2.75) is 33.1 Å². The van der Waals surface area contributed by atoms with E-state index in [9.17, 15) is 9.59 Å². The average molecular weight is 486 g/mol. The first-order chi connectivity index (χ1) is 16.3. The molecule has 1 unspecified atom stereocenters. The van der Waals surface area contributed by atoms with E-state index in [1.165, 1.54) is 0 Å². The van der Waals surface area contributed by atoms with Crippen molar-refractivity contribution in [2.24, 2.45) is 16.6 Å². The van der Waals surface area contributed by atoms with E-state index >= 15 is 0 Å². The summed E-state index contributed by atoms with van der Waals surface area (Å²) in [5.74, 6) is 0.313. The SMILES string of the molecule is CCCC(=O)NC1=CC(CN/C(N)=N/C(=O)c2c(-c3ccc(OC)cc3)noc2C)CC(Cl)=C1. The van der Waals surface area contributed by atoms with Crippen LogP contribution in [0.25, 0.3) is 11.3 Å². The molecule has 0 radical (unpaired) electrons. The quantitative estimate of drug-likeness (QED) is 0.384. The number of methoxy groups -OCH3 is 1. The first-order valence-electron chi connectivity index (χ1n) is 10.9. The third-order valence-electron chi connectivity index (χ3n) is 5.15. The van der Waals surface area contributed by atoms with E-state index in [1.807, 2.05) is 13.0 Å². The van der Waals surface area contributed by atoms with Gasteiger partial charge in [-0.2, -0.15) is 4.99 Å². The number of halogens is 1. The number of benzene rings is 1. The molecule has 0 saturated heterocycles. The number of rotatable bonds is 8. The van der Waals surface area contributed by atoms with E-state index in [0.29, 0.717) is 52.9 Å². The van der Waals surface area contributed by atoms with E-state index in [1.54, 1.807) is 44.4 Å². The molecule has 2 amide bonds. The molecule has 1 aliphatic rings. The lowest BCUT2D eigenvalue weighted by molar-refractivity contribution is -0.120. The molecular weight excluding hydrogens is 458 g/mol. The van der Waals surface area contributed by atoms with Gasteiger partial charge in [-0.15, -0.1) is 0 Å². The summed E-state index contributed by atoms with van der Waals surface area (Å²) in [5, 5.41) is 10.4. The van der Waals surface area contributed by atoms with Gasteiger partial charge in [0.15, 0.2) is 5.96 Å². The maximum Gasteiger partial charge on any atom is 0.286 e. The summed E-state index contributed by atoms with van der Waals surface area (Å²) in [5.41, 5.74) is 7.93. The van der Waals surface area contributed by atoms with Crippen LogP contribution in [-0.2, 0) is 4.79 Å². The number of hydrogen-bond acceptors (Lipinski definition) is 5. The monoisotopic (exact) mass is 485 g/mol. The van der Waals surface area contributed by atoms with Crippen LogP contribution in [0, 0.1) is 12.8 Å². The molecule has 34 heavy (non-hydrogen) atoms. The Morgan fingerprint density at radius 3 is 2.74 bits per heavy atom. The second-order valence-electron chi connectivity index (χ2n) is 7.85. The highest BCUT2D eigenvalue weighted by molar-refractivity contribution is 6.29. The molecule has 1 aromatic heterocycles. The molecule has 2 aromatic rings. The van der Waals surface area contributed by atoms with Crippen LogP contribution in [0.4, 0.5) is 0 Å². The molecule has 0 saturated carbocycles. The molecule has 1 aromatic carbocycles. The molecule has 10 heteroatoms. The Morgan fingerprint density at radius 1 is 1.32 bits per heavy atom. The zero-order valence-corrected chi connectivity index (χ0v) is 20.1. The van der Waals surface area contributed by atoms with E-state index in [2.05, 4.69) is 20.8 Å². The number of aliphatic imine (C=N–C) groups is 1. The molecule has 1 aliphatic carbocycles. The van der Waals surface area contributed by atoms with Crippen molar-refractivity contribution in [1.29, 1.82) is 0 Å². The summed E-state index contributed by atoms with van der Waals surface area (Å²) in [6, 6.07) is 7.09. The maximum absolute atomic E-state index is 12.9. The van der Waals surface area contributed by atoms with Gasteiger partial charge in [0.1, 0.15) is 22.8 Å². The van der Waals surface area contributed by atoms with Gasteiger partial charge in [-0.25, -0.2) is 0 Å². The third kappa shape index (κ3) is 6.48. The topological polar surface area (TPSA) is 132 Å². The Labute approximate surface area is 203 Å². The minimum absolute atomic E-state index is 0.0366. The molecule has 1 heterocycles. The Kier molecular flexibility index (Phi) is 8.48. The first-order valence-corrected chi connectivity index (χ1v) is 11.3. The van der Waals surface area contributed by atoms with E-state index in [4.69, 9.17) is 26.6 Å². The Morgan fingerprint density at radius 2 is 2.06 bits per heavy atom. The molecular formula is C24H28ClN5O4. The Hall–Kier alpha value is -3.59. The second kappa shape index (κ2) is 11.5. The zero-order chi connectivity index (χ0) is 24.7. The summed E-state index contributed by atoms with van der Waals surface area (Å²) in [6.45, 7) is 3.96. The highest BCUT2D eigenvalue weighted by atomic mass is 35.5. The lowest BCUT2D eigenvalue weighted by Gasteiger charge is -2.20. The number of nitrogens with one attached hydrogen (secondary N) is 2. The van der Waals surface area contributed by atoms with Crippen LogP contribution in [0.1, 0.15) is 42.3 Å². The Bertz CT molecular complexity index is 1130. The number of carbonyl (C=O) groups is 2. The molecule has 0 bridgehead atoms. The number of amides is 2. The molecule has 1 atom stereocenters. The third-order valence-corrected chi connectivity index (χ3v) is 5.42. The fourth-order valence-corrected chi connectivity index (χ4v) is 3.82. The number of aromatic nitrogens is 1. The van der Waals surface area contributed by atoms with Crippen molar-refractivity contribution in [2.75, 3.05) is 13.7 Å². The number of allylic oxidation sites excluding steroid dienone is 2. The smallest absolute Gasteiger partial charge is 0.286 e. The predicted molar refractivity (Wildman–Crippen MR) is 130 cm³/mol. The van der Waals surface area contributed by atoms with Crippen LogP contribution < -0.4 is 21.1 Å². The normalized spacial score (nSPS) is 15.9. The lowest BCUT2D eigenvalue weighted by Crippen LogP contribution is -2.36. The number of aryl methyl sites for hydroxylation is 1. The van der Waals surface area contributed by atoms with Crippen molar-refractivity contribution in [3.63, 3.8) is 0 Å². The minimum Gasteiger partial charge on any atom is -0.497 e. The van der Waals surface area contributed by atoms with Crippen molar-refractivity contribution in [3.8, 4) is 17.0 Å². The minimum atomic E-state index is -0.570. The van der Waals surface area contributed by atoms with Gasteiger partial charge in [-0.05, 0) is 50.1 Å². The standard InChI is InChI=1S/C24H28ClN5O4/c1-4-5-20(31)28-18-11-15(10-17(25)12-18)13-27-24(26)29-23(32)21-14(2)34-30-22(21)16-6-8-19(33-3)9-7-16/h6-9,11-12,15H,4-5,10,13H2,1-3H3,(H,28,31)(H3,26,27,29,32). The predicted octanol–water partition coefficient (Wildman–Crippen LogP) is 3.65. The van der Waals surface area contributed by atoms with E-state index in [-0.39, 0.29) is 23.3 Å². The number of hydrogen-bond donors (Lipinski definition) is 3. The number of guanidine groups is 1. The van der Waals surface area contributed by atoms with Gasteiger partial charge in [0, 0.05) is 35.2 Å². The summed E-state index contributed by atoms with van der Waals surface area (Å²) in [4.78, 5) is 28.7. The maximum atomic E-state index is 12.9. The van der Waals surface area contributed by atoms with Gasteiger partial charge in [-0.3, -0.25) is 9.59 Å². The molecule has 4 N–H and O–H groups in total. The van der Waals surface area contributed by atoms with Gasteiger partial charge < -0.3 is 25.6 Å². The summed E-state index contributed by atoms with van der Waals surface area (Å²) in [6.07, 6.45) is 5.42. The summed E-state index contributed by atoms with van der Waals surface area (Å²) in [7, 11) is 1.57. The van der Waals surface area contributed by atoms with Crippen molar-refractivity contribution in [3.05, 3.63) is 58.5 Å². The zero-order valence-electron chi connectivity index (χ0n) is 19.4. The average Bonchev–Trinajstić information content (AvgIpc) is 3.19. The van der Waals surface area contributed by atoms with Crippen LogP contribution in [0.15, 0.2) is 56.7 Å². The van der Waals surface area contributed by atoms with Crippen LogP contribution >= 0.6 is 11.6 Å². The van der Waals surface area contributed by atoms with Gasteiger partial charge >= 0.3 is 0 Å². The molecule has 0 spiro atoms. The number of nitrogens with two attached hydrogens (primary N) is 1. The van der Waals surface area contributed by atoms with Crippen LogP contribution in [0.5, 0.6) is 5.75 Å². The number of ether oxygens (including phenoxy) is 1. The van der Waals surface area contributed by atoms with Gasteiger partial charge in [-0.1, -0.05) is 29.8 Å². The molecule has 0 fully saturated rings. The highest BCUT2D eigenvalue weighted by Gasteiger charge is 2.22. The number of carbonyl (C=O) groups excluding carboxylic acids is 2. The van der Waals surface area contributed by atoms with Crippen molar-refractivity contribution >= 4 is 29.4 Å². The summed E-state index contributed by atoms with van der Waals surface area (Å²) < 4.78 is 10.4. The van der Waals surface area contributed by atoms with Crippen molar-refractivity contribution in [1.82, 2.24) is 15.8 Å². The molecule has 3 rings (SSSR count). The fourth-order valence-electron chi connectivity index (χ4n) is 3.51. The van der Waals surface area contributed by atoms with Gasteiger partial charge in [0.25, 0.3) is 5.91 Å². The van der Waals surface area contributed by atoms with Crippen LogP contribution in [-0.4, -0.2) is 36.6 Å². The Balaban J connectivity index is 1.67. The van der Waals surface area contributed by atoms with Gasteiger partial charge in [0.05, 0.1) is 7.11 Å². The second-order valence-corrected chi connectivity index (χ2v) is 8.34. The molecule has 9 nitrogen and oxygen atoms in total. The summed E-state index contributed by atoms with van der Waals surface area (Å²) >= 11 is 6.25. The van der Waals surface area contributed by atoms with Gasteiger partial charge in [0.2, 0.25) is 5.91 Å². The van der Waals surface area contributed by atoms with Crippen LogP contribution in [0.3, 0.4) is 0 Å². The fraction of sp³-hybridized carbons (Fsp3) is 0.333. The first kappa shape index (κ1) is 25.0. The molecule has 0 aliphatic heterocycles. The largest absolute Gasteiger partial charge is 0.497 e. The highest BCUT2D eigenvalue weighted by Crippen LogP contribution is 2.28. The number of nitrogens with zero attached hydrogens (tertiary/aromatic N) is 2. The van der Waals surface area contributed by atoms with E-state index < -0.39 is 5.91 Å². The molecule has 180 valence electrons.